The minimum atomic E-state index is -0.438. The fraction of sp³-hybridized carbons (Fsp3) is 0.417. The van der Waals surface area contributed by atoms with E-state index in [4.69, 9.17) is 4.74 Å². The Bertz CT molecular complexity index is 1070. The van der Waals surface area contributed by atoms with E-state index >= 15 is 0 Å². The number of aromatic nitrogens is 4. The molecule has 0 saturated carbocycles. The van der Waals surface area contributed by atoms with Crippen LogP contribution in [0.15, 0.2) is 48.9 Å². The summed E-state index contributed by atoms with van der Waals surface area (Å²) in [5, 5.41) is 7.24. The number of rotatable bonds is 7. The van der Waals surface area contributed by atoms with E-state index in [1.54, 1.807) is 13.4 Å². The lowest BCUT2D eigenvalue weighted by molar-refractivity contribution is -0.121. The van der Waals surface area contributed by atoms with Crippen molar-refractivity contribution in [3.63, 3.8) is 0 Å². The highest BCUT2D eigenvalue weighted by molar-refractivity contribution is 5.93. The van der Waals surface area contributed by atoms with Gasteiger partial charge in [0.25, 0.3) is 0 Å². The first kappa shape index (κ1) is 22.8. The van der Waals surface area contributed by atoms with Crippen molar-refractivity contribution in [2.45, 2.75) is 38.8 Å². The zero-order chi connectivity index (χ0) is 23.4. The molecule has 1 saturated heterocycles. The second-order valence-corrected chi connectivity index (χ2v) is 8.64. The van der Waals surface area contributed by atoms with Crippen LogP contribution in [0, 0.1) is 11.7 Å². The van der Waals surface area contributed by atoms with Crippen molar-refractivity contribution in [2.24, 2.45) is 5.92 Å². The molecule has 1 aliphatic heterocycles. The quantitative estimate of drug-likeness (QED) is 0.592. The number of halogens is 1. The van der Waals surface area contributed by atoms with Gasteiger partial charge < -0.3 is 10.1 Å². The Kier molecular flexibility index (Phi) is 6.98. The van der Waals surface area contributed by atoms with Crippen LogP contribution in [-0.4, -0.2) is 56.8 Å². The molecule has 9 heteroatoms. The van der Waals surface area contributed by atoms with Crippen LogP contribution in [0.25, 0.3) is 0 Å². The highest BCUT2D eigenvalue weighted by Gasteiger charge is 2.33. The number of nitrogens with one attached hydrogen (secondary N) is 1. The topological polar surface area (TPSA) is 85.2 Å². The van der Waals surface area contributed by atoms with Gasteiger partial charge in [0, 0.05) is 19.0 Å². The van der Waals surface area contributed by atoms with E-state index in [0.717, 1.165) is 36.3 Å². The van der Waals surface area contributed by atoms with Crippen LogP contribution in [0.1, 0.15) is 37.6 Å². The number of methoxy groups -OCH3 is 1. The van der Waals surface area contributed by atoms with Crippen LogP contribution < -0.4 is 10.1 Å². The molecule has 33 heavy (non-hydrogen) atoms. The van der Waals surface area contributed by atoms with E-state index in [0.29, 0.717) is 24.8 Å². The van der Waals surface area contributed by atoms with Gasteiger partial charge >= 0.3 is 0 Å². The molecule has 174 valence electrons. The van der Waals surface area contributed by atoms with Crippen molar-refractivity contribution in [2.75, 3.05) is 25.5 Å². The first-order valence-electron chi connectivity index (χ1n) is 11.1. The number of likely N-dealkylation sites (tertiary alicyclic amines) is 1. The summed E-state index contributed by atoms with van der Waals surface area (Å²) in [5.41, 5.74) is 1.11. The Labute approximate surface area is 192 Å². The molecule has 1 amide bonds. The predicted molar refractivity (Wildman–Crippen MR) is 122 cm³/mol. The number of nitrogens with zero attached hydrogens (tertiary/aromatic N) is 5. The van der Waals surface area contributed by atoms with Crippen LogP contribution in [0.2, 0.25) is 0 Å². The summed E-state index contributed by atoms with van der Waals surface area (Å²) in [7, 11) is 1.65. The smallest absolute Gasteiger partial charge is 0.242 e. The van der Waals surface area contributed by atoms with E-state index in [9.17, 15) is 9.18 Å². The van der Waals surface area contributed by atoms with Crippen molar-refractivity contribution < 1.29 is 13.9 Å². The number of carbonyl (C=O) groups excluding carboxylic acids is 1. The number of hydrogen-bond donors (Lipinski definition) is 1. The standard InChI is InChI=1S/C24H29FN6O2/c1-16-10-19(23-27-15-28-31(23)13-18-4-7-21(33-3)8-5-18)14-30(12-16)17(2)24(32)29-22-9-6-20(25)11-26-22/h4-9,11,15-17,19H,10,12-14H2,1-3H3,(H,26,29,32)/t16?,17-,19?/m0/s1. The van der Waals surface area contributed by atoms with E-state index < -0.39 is 5.82 Å². The van der Waals surface area contributed by atoms with Crippen LogP contribution in [0.3, 0.4) is 0 Å². The Morgan fingerprint density at radius 3 is 2.70 bits per heavy atom. The normalized spacial score (nSPS) is 19.8. The molecule has 0 aliphatic carbocycles. The molecule has 3 atom stereocenters. The summed E-state index contributed by atoms with van der Waals surface area (Å²) in [6.07, 6.45) is 3.67. The highest BCUT2D eigenvalue weighted by atomic mass is 19.1. The van der Waals surface area contributed by atoms with Gasteiger partial charge in [-0.2, -0.15) is 5.10 Å². The molecule has 0 radical (unpaired) electrons. The third-order valence-corrected chi connectivity index (χ3v) is 6.10. The molecule has 2 unspecified atom stereocenters. The van der Waals surface area contributed by atoms with Crippen molar-refractivity contribution in [3.05, 3.63) is 66.1 Å². The lowest BCUT2D eigenvalue weighted by Gasteiger charge is -2.38. The number of benzene rings is 1. The molecule has 4 rings (SSSR count). The first-order valence-corrected chi connectivity index (χ1v) is 11.1. The number of anilines is 1. The summed E-state index contributed by atoms with van der Waals surface area (Å²) < 4.78 is 20.3. The van der Waals surface area contributed by atoms with Crippen LogP contribution in [-0.2, 0) is 11.3 Å². The van der Waals surface area contributed by atoms with Gasteiger partial charge in [-0.1, -0.05) is 19.1 Å². The Morgan fingerprint density at radius 2 is 2.00 bits per heavy atom. The number of pyridine rings is 1. The molecule has 3 heterocycles. The molecule has 0 bridgehead atoms. The second kappa shape index (κ2) is 10.1. The summed E-state index contributed by atoms with van der Waals surface area (Å²) in [6, 6.07) is 10.3. The summed E-state index contributed by atoms with van der Waals surface area (Å²) in [5.74, 6) is 2.04. The van der Waals surface area contributed by atoms with Gasteiger partial charge in [0.1, 0.15) is 29.5 Å². The molecule has 2 aromatic heterocycles. The zero-order valence-electron chi connectivity index (χ0n) is 19.1. The molecular weight excluding hydrogens is 423 g/mol. The monoisotopic (exact) mass is 452 g/mol. The Morgan fingerprint density at radius 1 is 1.21 bits per heavy atom. The van der Waals surface area contributed by atoms with Crippen molar-refractivity contribution in [3.8, 4) is 5.75 Å². The number of ether oxygens (including phenoxy) is 1. The Hall–Kier alpha value is -3.33. The van der Waals surface area contributed by atoms with Crippen LogP contribution in [0.5, 0.6) is 5.75 Å². The van der Waals surface area contributed by atoms with Gasteiger partial charge in [-0.05, 0) is 49.1 Å². The van der Waals surface area contributed by atoms with Gasteiger partial charge in [-0.3, -0.25) is 9.69 Å². The van der Waals surface area contributed by atoms with Crippen LogP contribution >= 0.6 is 0 Å². The molecule has 1 aliphatic rings. The SMILES string of the molecule is COc1ccc(Cn2ncnc2C2CC(C)CN([C@@H](C)C(=O)Nc3ccc(F)cn3)C2)cc1. The number of piperidine rings is 1. The van der Waals surface area contributed by atoms with Crippen molar-refractivity contribution in [1.82, 2.24) is 24.6 Å². The first-order chi connectivity index (χ1) is 15.9. The molecular formula is C24H29FN6O2. The zero-order valence-corrected chi connectivity index (χ0v) is 19.1. The number of amides is 1. The summed E-state index contributed by atoms with van der Waals surface area (Å²) in [6.45, 7) is 6.22. The molecule has 1 N–H and O–H groups in total. The molecule has 1 fully saturated rings. The third-order valence-electron chi connectivity index (χ3n) is 6.10. The maximum absolute atomic E-state index is 13.1. The summed E-state index contributed by atoms with van der Waals surface area (Å²) >= 11 is 0. The van der Waals surface area contributed by atoms with E-state index in [2.05, 4.69) is 32.2 Å². The number of hydrogen-bond acceptors (Lipinski definition) is 6. The van der Waals surface area contributed by atoms with Gasteiger partial charge in [0.15, 0.2) is 0 Å². The lowest BCUT2D eigenvalue weighted by atomic mass is 9.88. The molecule has 3 aromatic rings. The highest BCUT2D eigenvalue weighted by Crippen LogP contribution is 2.30. The fourth-order valence-corrected chi connectivity index (χ4v) is 4.36. The Balaban J connectivity index is 1.44. The van der Waals surface area contributed by atoms with E-state index in [1.165, 1.54) is 12.1 Å². The average molecular weight is 453 g/mol. The van der Waals surface area contributed by atoms with Gasteiger partial charge in [-0.15, -0.1) is 0 Å². The maximum Gasteiger partial charge on any atom is 0.242 e. The molecule has 0 spiro atoms. The summed E-state index contributed by atoms with van der Waals surface area (Å²) in [4.78, 5) is 23.5. The third kappa shape index (κ3) is 5.54. The largest absolute Gasteiger partial charge is 0.497 e. The molecule has 8 nitrogen and oxygen atoms in total. The van der Waals surface area contributed by atoms with Gasteiger partial charge in [0.2, 0.25) is 5.91 Å². The van der Waals surface area contributed by atoms with Gasteiger partial charge in [0.05, 0.1) is 25.9 Å². The second-order valence-electron chi connectivity index (χ2n) is 8.64. The maximum atomic E-state index is 13.1. The van der Waals surface area contributed by atoms with Crippen molar-refractivity contribution >= 4 is 11.7 Å². The lowest BCUT2D eigenvalue weighted by Crippen LogP contribution is -2.49. The van der Waals surface area contributed by atoms with Crippen LogP contribution in [0.4, 0.5) is 10.2 Å². The molecule has 1 aromatic carbocycles. The minimum Gasteiger partial charge on any atom is -0.497 e. The predicted octanol–water partition coefficient (Wildman–Crippen LogP) is 3.32. The van der Waals surface area contributed by atoms with E-state index in [-0.39, 0.29) is 17.9 Å². The van der Waals surface area contributed by atoms with Gasteiger partial charge in [-0.25, -0.2) is 19.0 Å². The fourth-order valence-electron chi connectivity index (χ4n) is 4.36. The minimum absolute atomic E-state index is 0.161. The average Bonchev–Trinajstić information content (AvgIpc) is 3.28. The van der Waals surface area contributed by atoms with Crippen molar-refractivity contribution in [1.29, 1.82) is 0 Å². The number of carbonyl (C=O) groups is 1. The van der Waals surface area contributed by atoms with E-state index in [1.807, 2.05) is 35.9 Å².